The van der Waals surface area contributed by atoms with Gasteiger partial charge in [-0.25, -0.2) is 4.39 Å². The molecule has 0 saturated carbocycles. The third-order valence-electron chi connectivity index (χ3n) is 1.76. The molecule has 0 fully saturated rings. The minimum Gasteiger partial charge on any atom is -0.207 e. The molecule has 0 radical (unpaired) electrons. The van der Waals surface area contributed by atoms with E-state index >= 15 is 0 Å². The third-order valence-corrected chi connectivity index (χ3v) is 2.25. The van der Waals surface area contributed by atoms with Crippen LogP contribution in [0.15, 0.2) is 18.2 Å². The molecule has 7 heteroatoms. The van der Waals surface area contributed by atoms with Crippen molar-refractivity contribution in [3.63, 3.8) is 0 Å². The molecule has 1 aromatic carbocycles. The van der Waals surface area contributed by atoms with E-state index in [-0.39, 0.29) is 16.5 Å². The summed E-state index contributed by atoms with van der Waals surface area (Å²) >= 11 is 3.09. The summed E-state index contributed by atoms with van der Waals surface area (Å²) in [6.07, 6.45) is -4.24. The second-order valence-electron chi connectivity index (χ2n) is 2.93. The van der Waals surface area contributed by atoms with Gasteiger partial charge in [-0.05, 0) is 19.1 Å². The topological polar surface area (TPSA) is 34.1 Å². The zero-order chi connectivity index (χ0) is 13.6. The zero-order valence-corrected chi connectivity index (χ0v) is 10.1. The largest absolute Gasteiger partial charge is 0.416 e. The summed E-state index contributed by atoms with van der Waals surface area (Å²) < 4.78 is 49.5. The molecule has 2 nitrogen and oxygen atoms in total. The molecule has 0 saturated heterocycles. The van der Waals surface area contributed by atoms with Crippen LogP contribution in [0.25, 0.3) is 0 Å². The Bertz CT molecular complexity index is 409. The summed E-state index contributed by atoms with van der Waals surface area (Å²) in [5, 5.41) is 0. The van der Waals surface area contributed by atoms with E-state index in [1.165, 1.54) is 0 Å². The van der Waals surface area contributed by atoms with Crippen LogP contribution in [0.1, 0.15) is 22.9 Å². The fraction of sp³-hybridized carbons (Fsp3) is 0.300. The first-order chi connectivity index (χ1) is 7.73. The maximum Gasteiger partial charge on any atom is 0.416 e. The van der Waals surface area contributed by atoms with Crippen molar-refractivity contribution >= 4 is 22.1 Å². The zero-order valence-electron chi connectivity index (χ0n) is 8.52. The average Bonchev–Trinajstić information content (AvgIpc) is 2.16. The van der Waals surface area contributed by atoms with Gasteiger partial charge in [-0.15, -0.1) is 0 Å². The monoisotopic (exact) mass is 314 g/mol. The van der Waals surface area contributed by atoms with Crippen LogP contribution in [0.5, 0.6) is 0 Å². The molecule has 1 unspecified atom stereocenters. The number of carbonyl (C=O) groups excluding carboxylic acids is 2. The van der Waals surface area contributed by atoms with Crippen LogP contribution in [0.2, 0.25) is 0 Å². The molecule has 94 valence electrons. The maximum absolute atomic E-state index is 13.1. The van der Waals surface area contributed by atoms with E-state index in [0.29, 0.717) is 6.07 Å². The molecular weight excluding hydrogens is 308 g/mol. The van der Waals surface area contributed by atoms with Crippen LogP contribution in [0.4, 0.5) is 17.6 Å². The lowest BCUT2D eigenvalue weighted by molar-refractivity contribution is -0.191. The number of hydrogen-bond donors (Lipinski definition) is 0. The van der Waals surface area contributed by atoms with Crippen molar-refractivity contribution in [1.82, 2.24) is 0 Å². The second-order valence-corrected chi connectivity index (χ2v) is 4.31. The van der Waals surface area contributed by atoms with Crippen molar-refractivity contribution in [3.05, 3.63) is 35.1 Å². The lowest BCUT2D eigenvalue weighted by Crippen LogP contribution is -2.06. The second kappa shape index (κ2) is 6.51. The van der Waals surface area contributed by atoms with Gasteiger partial charge in [0.25, 0.3) is 0 Å². The van der Waals surface area contributed by atoms with E-state index < -0.39 is 17.6 Å². The predicted molar refractivity (Wildman–Crippen MR) is 53.8 cm³/mol. The minimum absolute atomic E-state index is 0.220. The van der Waals surface area contributed by atoms with Crippen molar-refractivity contribution in [2.45, 2.75) is 17.9 Å². The van der Waals surface area contributed by atoms with Crippen LogP contribution in [0.3, 0.4) is 0 Å². The predicted octanol–water partition coefficient (Wildman–Crippen LogP) is 3.72. The third kappa shape index (κ3) is 5.10. The first-order valence-electron chi connectivity index (χ1n) is 4.24. The van der Waals surface area contributed by atoms with Crippen LogP contribution in [0, 0.1) is 5.82 Å². The molecule has 0 aliphatic rings. The van der Waals surface area contributed by atoms with Crippen molar-refractivity contribution in [2.75, 3.05) is 0 Å². The van der Waals surface area contributed by atoms with Crippen LogP contribution < -0.4 is 0 Å². The SMILES string of the molecule is CC(Br)c1ccc(C(F)(F)F)cc1F.O=C=O. The molecule has 0 amide bonds. The van der Waals surface area contributed by atoms with Gasteiger partial charge in [-0.1, -0.05) is 22.0 Å². The van der Waals surface area contributed by atoms with Gasteiger partial charge >= 0.3 is 12.3 Å². The molecule has 0 bridgehead atoms. The van der Waals surface area contributed by atoms with Gasteiger partial charge in [0.05, 0.1) is 5.56 Å². The van der Waals surface area contributed by atoms with Gasteiger partial charge in [0.15, 0.2) is 0 Å². The highest BCUT2D eigenvalue weighted by Gasteiger charge is 2.31. The van der Waals surface area contributed by atoms with Crippen molar-refractivity contribution in [2.24, 2.45) is 0 Å². The molecule has 17 heavy (non-hydrogen) atoms. The fourth-order valence-electron chi connectivity index (χ4n) is 1.03. The average molecular weight is 315 g/mol. The Hall–Kier alpha value is -1.20. The Morgan fingerprint density at radius 3 is 2.06 bits per heavy atom. The van der Waals surface area contributed by atoms with E-state index in [4.69, 9.17) is 9.59 Å². The van der Waals surface area contributed by atoms with Gasteiger partial charge in [0, 0.05) is 10.4 Å². The number of rotatable bonds is 1. The molecule has 0 spiro atoms. The van der Waals surface area contributed by atoms with Gasteiger partial charge < -0.3 is 0 Å². The number of halogens is 5. The summed E-state index contributed by atoms with van der Waals surface area (Å²) in [5.41, 5.74) is -0.745. The Morgan fingerprint density at radius 2 is 1.76 bits per heavy atom. The number of hydrogen-bond acceptors (Lipinski definition) is 2. The fourth-order valence-corrected chi connectivity index (χ4v) is 1.40. The lowest BCUT2D eigenvalue weighted by atomic mass is 10.1. The minimum atomic E-state index is -4.49. The summed E-state index contributed by atoms with van der Waals surface area (Å²) in [5.74, 6) is -0.843. The molecule has 0 N–H and O–H groups in total. The number of alkyl halides is 4. The van der Waals surface area contributed by atoms with E-state index in [9.17, 15) is 17.6 Å². The van der Waals surface area contributed by atoms with Gasteiger partial charge in [-0.3, -0.25) is 0 Å². The molecule has 0 aliphatic carbocycles. The van der Waals surface area contributed by atoms with E-state index in [1.54, 1.807) is 6.92 Å². The lowest BCUT2D eigenvalue weighted by Gasteiger charge is -2.10. The van der Waals surface area contributed by atoms with Crippen LogP contribution in [-0.2, 0) is 15.8 Å². The summed E-state index contributed by atoms with van der Waals surface area (Å²) in [6, 6.07) is 2.51. The summed E-state index contributed by atoms with van der Waals surface area (Å²) in [7, 11) is 0. The summed E-state index contributed by atoms with van der Waals surface area (Å²) in [4.78, 5) is 15.9. The highest BCUT2D eigenvalue weighted by molar-refractivity contribution is 9.09. The molecular formula is C10H7BrF4O2. The van der Waals surface area contributed by atoms with E-state index in [0.717, 1.165) is 12.1 Å². The van der Waals surface area contributed by atoms with Crippen molar-refractivity contribution in [1.29, 1.82) is 0 Å². The smallest absolute Gasteiger partial charge is 0.207 e. The summed E-state index contributed by atoms with van der Waals surface area (Å²) in [6.45, 7) is 1.64. The molecule has 0 aromatic heterocycles. The van der Waals surface area contributed by atoms with E-state index in [1.807, 2.05) is 0 Å². The first kappa shape index (κ1) is 15.8. The van der Waals surface area contributed by atoms with Crippen LogP contribution in [-0.4, -0.2) is 6.15 Å². The van der Waals surface area contributed by atoms with Gasteiger partial charge in [-0.2, -0.15) is 22.8 Å². The van der Waals surface area contributed by atoms with Gasteiger partial charge in [0.1, 0.15) is 5.82 Å². The Balaban J connectivity index is 0.000000770. The quantitative estimate of drug-likeness (QED) is 0.585. The van der Waals surface area contributed by atoms with Crippen molar-refractivity contribution < 1.29 is 27.2 Å². The molecule has 1 aromatic rings. The normalized spacial score (nSPS) is 12.1. The maximum atomic E-state index is 13.1. The van der Waals surface area contributed by atoms with Crippen LogP contribution >= 0.6 is 15.9 Å². The Labute approximate surface area is 103 Å². The highest BCUT2D eigenvalue weighted by Crippen LogP contribution is 2.32. The van der Waals surface area contributed by atoms with E-state index in [2.05, 4.69) is 15.9 Å². The standard InChI is InChI=1S/C9H7BrF4.CO2/c1-5(10)7-3-2-6(4-8(7)11)9(12,13)14;2-1-3/h2-5H,1H3;. The molecule has 0 heterocycles. The highest BCUT2D eigenvalue weighted by atomic mass is 79.9. The van der Waals surface area contributed by atoms with Gasteiger partial charge in [0.2, 0.25) is 0 Å². The Kier molecular flexibility index (Phi) is 6.05. The molecule has 1 atom stereocenters. The first-order valence-corrected chi connectivity index (χ1v) is 5.15. The number of benzene rings is 1. The molecule has 0 aliphatic heterocycles. The molecule has 1 rings (SSSR count). The van der Waals surface area contributed by atoms with Crippen molar-refractivity contribution in [3.8, 4) is 0 Å². The Morgan fingerprint density at radius 1 is 1.29 bits per heavy atom.